The maximum Gasteiger partial charge on any atom is 0.235 e. The van der Waals surface area contributed by atoms with Crippen LogP contribution in [0.2, 0.25) is 0 Å². The first kappa shape index (κ1) is 12.5. The minimum absolute atomic E-state index is 0.700. The van der Waals surface area contributed by atoms with E-state index in [1.54, 1.807) is 15.9 Å². The molecule has 4 heterocycles. The van der Waals surface area contributed by atoms with Gasteiger partial charge in [0.15, 0.2) is 10.8 Å². The first-order chi connectivity index (χ1) is 9.72. The summed E-state index contributed by atoms with van der Waals surface area (Å²) in [6, 6.07) is 4.06. The molecule has 4 aromatic heterocycles. The number of aryl methyl sites for hydroxylation is 1. The van der Waals surface area contributed by atoms with E-state index in [0.29, 0.717) is 5.82 Å². The predicted molar refractivity (Wildman–Crippen MR) is 83.3 cm³/mol. The van der Waals surface area contributed by atoms with Crippen molar-refractivity contribution in [2.45, 2.75) is 6.92 Å². The van der Waals surface area contributed by atoms with Gasteiger partial charge in [-0.1, -0.05) is 15.8 Å². The Morgan fingerprint density at radius 2 is 2.05 bits per heavy atom. The van der Waals surface area contributed by atoms with Crippen LogP contribution in [-0.2, 0) is 0 Å². The highest BCUT2D eigenvalue weighted by Gasteiger charge is 2.18. The lowest BCUT2D eigenvalue weighted by molar-refractivity contribution is 0.970. The van der Waals surface area contributed by atoms with E-state index in [9.17, 15) is 0 Å². The zero-order chi connectivity index (χ0) is 13.7. The van der Waals surface area contributed by atoms with E-state index in [0.717, 1.165) is 29.2 Å². The topological polar surface area (TPSA) is 68.9 Å². The van der Waals surface area contributed by atoms with Crippen molar-refractivity contribution >= 4 is 55.1 Å². The SMILES string of the molecule is Cc1nnsc1-c1nnc2sc(-c3ccc(Br)s3)nn12. The highest BCUT2D eigenvalue weighted by Crippen LogP contribution is 2.35. The van der Waals surface area contributed by atoms with Crippen LogP contribution in [0.25, 0.3) is 25.5 Å². The lowest BCUT2D eigenvalue weighted by atomic mass is 10.4. The second-order valence-corrected chi connectivity index (χ2v) is 8.09. The Morgan fingerprint density at radius 3 is 2.75 bits per heavy atom. The lowest BCUT2D eigenvalue weighted by Crippen LogP contribution is -1.90. The second-order valence-electron chi connectivity index (χ2n) is 3.92. The van der Waals surface area contributed by atoms with Crippen LogP contribution in [0.4, 0.5) is 0 Å². The number of halogens is 1. The van der Waals surface area contributed by atoms with Crippen molar-refractivity contribution in [3.63, 3.8) is 0 Å². The lowest BCUT2D eigenvalue weighted by Gasteiger charge is -1.91. The van der Waals surface area contributed by atoms with Gasteiger partial charge in [0, 0.05) is 0 Å². The van der Waals surface area contributed by atoms with Crippen LogP contribution in [-0.4, -0.2) is 29.4 Å². The number of rotatable bonds is 2. The molecule has 0 spiro atoms. The van der Waals surface area contributed by atoms with Gasteiger partial charge in [-0.2, -0.15) is 9.61 Å². The van der Waals surface area contributed by atoms with E-state index in [2.05, 4.69) is 40.8 Å². The third kappa shape index (κ3) is 1.91. The van der Waals surface area contributed by atoms with Gasteiger partial charge in [0.05, 0.1) is 14.4 Å². The average Bonchev–Trinajstić information content (AvgIpc) is 3.12. The minimum atomic E-state index is 0.700. The monoisotopic (exact) mass is 384 g/mol. The first-order valence-electron chi connectivity index (χ1n) is 5.49. The van der Waals surface area contributed by atoms with E-state index < -0.39 is 0 Å². The van der Waals surface area contributed by atoms with Crippen LogP contribution < -0.4 is 0 Å². The summed E-state index contributed by atoms with van der Waals surface area (Å²) in [6.07, 6.45) is 0. The summed E-state index contributed by atoms with van der Waals surface area (Å²) in [5, 5.41) is 17.9. The summed E-state index contributed by atoms with van der Waals surface area (Å²) in [4.78, 5) is 2.78. The predicted octanol–water partition coefficient (Wildman–Crippen LogP) is 3.50. The molecule has 0 aliphatic carbocycles. The van der Waals surface area contributed by atoms with Gasteiger partial charge >= 0.3 is 0 Å². The highest BCUT2D eigenvalue weighted by atomic mass is 79.9. The minimum Gasteiger partial charge on any atom is -0.181 e. The molecule has 0 bridgehead atoms. The normalized spacial score (nSPS) is 11.5. The van der Waals surface area contributed by atoms with Crippen LogP contribution in [0, 0.1) is 6.92 Å². The van der Waals surface area contributed by atoms with Gasteiger partial charge < -0.3 is 0 Å². The van der Waals surface area contributed by atoms with Crippen LogP contribution in [0.3, 0.4) is 0 Å². The Bertz CT molecular complexity index is 903. The molecule has 10 heteroatoms. The molecule has 100 valence electrons. The molecule has 0 aromatic carbocycles. The molecular formula is C10H5BrN6S3. The van der Waals surface area contributed by atoms with E-state index >= 15 is 0 Å². The molecule has 4 aromatic rings. The zero-order valence-electron chi connectivity index (χ0n) is 9.94. The number of fused-ring (bicyclic) bond motifs is 1. The van der Waals surface area contributed by atoms with Crippen molar-refractivity contribution in [3.8, 4) is 20.6 Å². The third-order valence-corrected chi connectivity index (χ3v) is 6.15. The van der Waals surface area contributed by atoms with Crippen LogP contribution in [0.15, 0.2) is 15.9 Å². The Hall–Kier alpha value is -1.23. The summed E-state index contributed by atoms with van der Waals surface area (Å²) >= 11 is 7.94. The molecule has 0 atom stereocenters. The molecule has 0 radical (unpaired) electrons. The Labute approximate surface area is 133 Å². The Balaban J connectivity index is 1.89. The smallest absolute Gasteiger partial charge is 0.181 e. The van der Waals surface area contributed by atoms with Crippen molar-refractivity contribution in [2.24, 2.45) is 0 Å². The summed E-state index contributed by atoms with van der Waals surface area (Å²) in [6.45, 7) is 1.91. The Kier molecular flexibility index (Phi) is 2.91. The third-order valence-electron chi connectivity index (χ3n) is 2.63. The number of aromatic nitrogens is 6. The first-order valence-corrected chi connectivity index (χ1v) is 8.69. The standard InChI is InChI=1S/C10H5BrN6S3/c1-4-7(20-16-12-4)8-13-14-10-17(8)15-9(19-10)5-2-3-6(11)18-5/h2-3H,1H3. The molecule has 0 aliphatic rings. The fourth-order valence-corrected chi connectivity index (χ4v) is 4.63. The second kappa shape index (κ2) is 4.65. The van der Waals surface area contributed by atoms with Gasteiger partial charge in [0.2, 0.25) is 4.96 Å². The molecule has 0 saturated carbocycles. The summed E-state index contributed by atoms with van der Waals surface area (Å²) in [7, 11) is 0. The van der Waals surface area contributed by atoms with Crippen LogP contribution in [0.5, 0.6) is 0 Å². The van der Waals surface area contributed by atoms with Gasteiger partial charge in [-0.05, 0) is 46.5 Å². The molecule has 0 saturated heterocycles. The van der Waals surface area contributed by atoms with Gasteiger partial charge in [0.25, 0.3) is 0 Å². The quantitative estimate of drug-likeness (QED) is 0.528. The molecule has 6 nitrogen and oxygen atoms in total. The maximum absolute atomic E-state index is 4.60. The largest absolute Gasteiger partial charge is 0.235 e. The van der Waals surface area contributed by atoms with E-state index in [1.807, 2.05) is 19.1 Å². The van der Waals surface area contributed by atoms with Gasteiger partial charge in [0.1, 0.15) is 4.88 Å². The van der Waals surface area contributed by atoms with Gasteiger partial charge in [-0.15, -0.1) is 26.6 Å². The summed E-state index contributed by atoms with van der Waals surface area (Å²) in [5.74, 6) is 0.700. The number of hydrogen-bond donors (Lipinski definition) is 0. The van der Waals surface area contributed by atoms with Crippen molar-refractivity contribution in [2.75, 3.05) is 0 Å². The van der Waals surface area contributed by atoms with Crippen molar-refractivity contribution in [3.05, 3.63) is 21.6 Å². The summed E-state index contributed by atoms with van der Waals surface area (Å²) in [5.41, 5.74) is 0.845. The number of nitrogens with zero attached hydrogens (tertiary/aromatic N) is 6. The number of thiophene rings is 1. The molecule has 0 amide bonds. The molecule has 0 N–H and O–H groups in total. The average molecular weight is 385 g/mol. The van der Waals surface area contributed by atoms with Crippen molar-refractivity contribution in [1.29, 1.82) is 0 Å². The molecule has 4 rings (SSSR count). The van der Waals surface area contributed by atoms with E-state index in [4.69, 9.17) is 0 Å². The fraction of sp³-hybridized carbons (Fsp3) is 0.100. The molecule has 0 fully saturated rings. The van der Waals surface area contributed by atoms with Crippen LogP contribution >= 0.6 is 50.1 Å². The van der Waals surface area contributed by atoms with E-state index in [-0.39, 0.29) is 0 Å². The van der Waals surface area contributed by atoms with E-state index in [1.165, 1.54) is 22.9 Å². The maximum atomic E-state index is 4.60. The van der Waals surface area contributed by atoms with Crippen molar-refractivity contribution in [1.82, 2.24) is 29.4 Å². The summed E-state index contributed by atoms with van der Waals surface area (Å²) < 4.78 is 6.78. The van der Waals surface area contributed by atoms with Crippen molar-refractivity contribution < 1.29 is 0 Å². The zero-order valence-corrected chi connectivity index (χ0v) is 14.0. The molecule has 0 aliphatic heterocycles. The fourth-order valence-electron chi connectivity index (χ4n) is 1.72. The molecule has 20 heavy (non-hydrogen) atoms. The van der Waals surface area contributed by atoms with Crippen LogP contribution in [0.1, 0.15) is 5.69 Å². The molecular weight excluding hydrogens is 380 g/mol. The highest BCUT2D eigenvalue weighted by molar-refractivity contribution is 9.11. The number of hydrogen-bond acceptors (Lipinski definition) is 8. The Morgan fingerprint density at radius 1 is 1.15 bits per heavy atom. The molecule has 0 unspecified atom stereocenters. The van der Waals surface area contributed by atoms with Gasteiger partial charge in [-0.3, -0.25) is 0 Å². The van der Waals surface area contributed by atoms with Gasteiger partial charge in [-0.25, -0.2) is 0 Å².